The molecule has 1 aliphatic rings. The predicted octanol–water partition coefficient (Wildman–Crippen LogP) is 2.26. The topological polar surface area (TPSA) is 61.5 Å². The lowest BCUT2D eigenvalue weighted by Gasteiger charge is -2.36. The van der Waals surface area contributed by atoms with Gasteiger partial charge in [0.15, 0.2) is 0 Å². The summed E-state index contributed by atoms with van der Waals surface area (Å²) in [5.74, 6) is 1.52. The van der Waals surface area contributed by atoms with E-state index in [1.807, 2.05) is 36.4 Å². The molecule has 6 heteroatoms. The van der Waals surface area contributed by atoms with Gasteiger partial charge in [-0.25, -0.2) is 4.98 Å². The van der Waals surface area contributed by atoms with Crippen molar-refractivity contribution in [3.8, 4) is 5.75 Å². The Morgan fingerprint density at radius 2 is 1.64 bits per heavy atom. The third-order valence-electron chi connectivity index (χ3n) is 4.61. The number of nitrogens with one attached hydrogen (secondary N) is 1. The number of methoxy groups -OCH3 is 1. The molecule has 128 valence electrons. The molecule has 25 heavy (non-hydrogen) atoms. The largest absolute Gasteiger partial charge is 0.495 e. The molecule has 1 aliphatic heterocycles. The lowest BCUT2D eigenvalue weighted by atomic mass is 10.2. The van der Waals surface area contributed by atoms with Gasteiger partial charge < -0.3 is 14.5 Å². The molecule has 1 aromatic heterocycles. The fraction of sp³-hybridized carbons (Fsp3) is 0.263. The molecule has 1 N–H and O–H groups in total. The van der Waals surface area contributed by atoms with E-state index >= 15 is 0 Å². The van der Waals surface area contributed by atoms with Crippen LogP contribution in [0, 0.1) is 0 Å². The highest BCUT2D eigenvalue weighted by Gasteiger charge is 2.21. The number of ether oxygens (including phenoxy) is 1. The molecule has 0 saturated carbocycles. The maximum absolute atomic E-state index is 12.3. The highest BCUT2D eigenvalue weighted by molar-refractivity contribution is 5.78. The number of aromatic amines is 1. The third kappa shape index (κ3) is 2.91. The van der Waals surface area contributed by atoms with E-state index < -0.39 is 0 Å². The van der Waals surface area contributed by atoms with E-state index in [4.69, 9.17) is 4.74 Å². The molecule has 0 bridgehead atoms. The number of aromatic nitrogens is 2. The molecule has 0 unspecified atom stereocenters. The molecule has 6 nitrogen and oxygen atoms in total. The number of anilines is 2. The second kappa shape index (κ2) is 6.47. The van der Waals surface area contributed by atoms with E-state index in [9.17, 15) is 4.79 Å². The number of hydrogen-bond acceptors (Lipinski definition) is 5. The van der Waals surface area contributed by atoms with Crippen LogP contribution in [0.1, 0.15) is 0 Å². The molecular formula is C19H20N4O2. The lowest BCUT2D eigenvalue weighted by Crippen LogP contribution is -2.47. The normalized spacial score (nSPS) is 14.8. The zero-order valence-electron chi connectivity index (χ0n) is 14.1. The van der Waals surface area contributed by atoms with Crippen molar-refractivity contribution in [3.63, 3.8) is 0 Å². The minimum atomic E-state index is -0.0900. The van der Waals surface area contributed by atoms with Crippen molar-refractivity contribution in [2.75, 3.05) is 43.1 Å². The van der Waals surface area contributed by atoms with Gasteiger partial charge >= 0.3 is 0 Å². The summed E-state index contributed by atoms with van der Waals surface area (Å²) in [5, 5.41) is 0.624. The van der Waals surface area contributed by atoms with E-state index in [-0.39, 0.29) is 5.56 Å². The fourth-order valence-corrected chi connectivity index (χ4v) is 3.27. The molecular weight excluding hydrogens is 316 g/mol. The number of piperazine rings is 1. The first-order valence-corrected chi connectivity index (χ1v) is 8.38. The van der Waals surface area contributed by atoms with E-state index in [2.05, 4.69) is 25.8 Å². The monoisotopic (exact) mass is 336 g/mol. The zero-order chi connectivity index (χ0) is 17.2. The van der Waals surface area contributed by atoms with Crippen LogP contribution in [-0.4, -0.2) is 43.3 Å². The van der Waals surface area contributed by atoms with Gasteiger partial charge in [0.25, 0.3) is 5.56 Å². The van der Waals surface area contributed by atoms with E-state index in [0.29, 0.717) is 11.3 Å². The first-order chi connectivity index (χ1) is 12.3. The molecule has 2 aromatic carbocycles. The Kier molecular flexibility index (Phi) is 4.01. The molecule has 0 spiro atoms. The molecule has 1 saturated heterocycles. The smallest absolute Gasteiger partial charge is 0.260 e. The van der Waals surface area contributed by atoms with Crippen LogP contribution in [0.15, 0.2) is 53.3 Å². The van der Waals surface area contributed by atoms with Crippen molar-refractivity contribution >= 4 is 22.5 Å². The van der Waals surface area contributed by atoms with E-state index in [1.54, 1.807) is 13.2 Å². The summed E-state index contributed by atoms with van der Waals surface area (Å²) in [5.41, 5.74) is 1.74. The summed E-state index contributed by atoms with van der Waals surface area (Å²) in [4.78, 5) is 24.2. The summed E-state index contributed by atoms with van der Waals surface area (Å²) >= 11 is 0. The SMILES string of the molecule is COc1ccccc1N1CCN(c2nc3ccccc3c(=O)[nH]2)CC1. The first-order valence-electron chi connectivity index (χ1n) is 8.38. The van der Waals surface area contributed by atoms with Crippen molar-refractivity contribution in [3.05, 3.63) is 58.9 Å². The van der Waals surface area contributed by atoms with Gasteiger partial charge in [-0.05, 0) is 24.3 Å². The highest BCUT2D eigenvalue weighted by atomic mass is 16.5. The van der Waals surface area contributed by atoms with E-state index in [1.165, 1.54) is 0 Å². The van der Waals surface area contributed by atoms with Crippen molar-refractivity contribution in [1.82, 2.24) is 9.97 Å². The lowest BCUT2D eigenvalue weighted by molar-refractivity contribution is 0.413. The number of benzene rings is 2. The van der Waals surface area contributed by atoms with Gasteiger partial charge in [0.05, 0.1) is 23.7 Å². The van der Waals surface area contributed by atoms with Crippen LogP contribution in [0.25, 0.3) is 10.9 Å². The Morgan fingerprint density at radius 3 is 2.44 bits per heavy atom. The standard InChI is InChI=1S/C19H20N4O2/c1-25-17-9-5-4-8-16(17)22-10-12-23(13-11-22)19-20-15-7-3-2-6-14(15)18(24)21-19/h2-9H,10-13H2,1H3,(H,20,21,24). The molecule has 0 atom stereocenters. The van der Waals surface area contributed by atoms with Gasteiger partial charge in [0.2, 0.25) is 5.95 Å². The molecule has 0 aliphatic carbocycles. The van der Waals surface area contributed by atoms with Crippen molar-refractivity contribution < 1.29 is 4.74 Å². The number of para-hydroxylation sites is 3. The number of fused-ring (bicyclic) bond motifs is 1. The molecule has 0 radical (unpaired) electrons. The minimum absolute atomic E-state index is 0.0900. The summed E-state index contributed by atoms with van der Waals surface area (Å²) in [6, 6.07) is 15.5. The molecule has 0 amide bonds. The van der Waals surface area contributed by atoms with Crippen molar-refractivity contribution in [2.45, 2.75) is 0 Å². The van der Waals surface area contributed by atoms with Crippen LogP contribution in [0.4, 0.5) is 11.6 Å². The Hall–Kier alpha value is -3.02. The maximum atomic E-state index is 12.3. The van der Waals surface area contributed by atoms with Crippen LogP contribution in [0.2, 0.25) is 0 Å². The van der Waals surface area contributed by atoms with Crippen LogP contribution in [0.5, 0.6) is 5.75 Å². The van der Waals surface area contributed by atoms with Crippen molar-refractivity contribution in [1.29, 1.82) is 0 Å². The highest BCUT2D eigenvalue weighted by Crippen LogP contribution is 2.28. The van der Waals surface area contributed by atoms with Crippen LogP contribution < -0.4 is 20.1 Å². The molecule has 1 fully saturated rings. The van der Waals surface area contributed by atoms with Gasteiger partial charge in [0.1, 0.15) is 5.75 Å². The third-order valence-corrected chi connectivity index (χ3v) is 4.61. The Labute approximate surface area is 145 Å². The Bertz CT molecular complexity index is 945. The maximum Gasteiger partial charge on any atom is 0.260 e. The number of H-pyrrole nitrogens is 1. The van der Waals surface area contributed by atoms with Gasteiger partial charge in [-0.1, -0.05) is 24.3 Å². The summed E-state index contributed by atoms with van der Waals surface area (Å²) in [7, 11) is 1.69. The Balaban J connectivity index is 1.55. The van der Waals surface area contributed by atoms with Gasteiger partial charge in [-0.3, -0.25) is 9.78 Å². The minimum Gasteiger partial charge on any atom is -0.495 e. The average Bonchev–Trinajstić information content (AvgIpc) is 2.68. The molecule has 4 rings (SSSR count). The van der Waals surface area contributed by atoms with Gasteiger partial charge in [0, 0.05) is 26.2 Å². The summed E-state index contributed by atoms with van der Waals surface area (Å²) < 4.78 is 5.46. The van der Waals surface area contributed by atoms with Gasteiger partial charge in [-0.2, -0.15) is 0 Å². The van der Waals surface area contributed by atoms with Crippen LogP contribution in [-0.2, 0) is 0 Å². The zero-order valence-corrected chi connectivity index (χ0v) is 14.1. The molecule has 2 heterocycles. The van der Waals surface area contributed by atoms with Crippen LogP contribution in [0.3, 0.4) is 0 Å². The summed E-state index contributed by atoms with van der Waals surface area (Å²) in [6.45, 7) is 3.27. The number of nitrogens with zero attached hydrogens (tertiary/aromatic N) is 3. The number of rotatable bonds is 3. The second-order valence-electron chi connectivity index (χ2n) is 6.05. The fourth-order valence-electron chi connectivity index (χ4n) is 3.27. The quantitative estimate of drug-likeness (QED) is 0.795. The summed E-state index contributed by atoms with van der Waals surface area (Å²) in [6.07, 6.45) is 0. The van der Waals surface area contributed by atoms with Crippen molar-refractivity contribution in [2.24, 2.45) is 0 Å². The van der Waals surface area contributed by atoms with E-state index in [0.717, 1.165) is 43.1 Å². The van der Waals surface area contributed by atoms with Gasteiger partial charge in [-0.15, -0.1) is 0 Å². The Morgan fingerprint density at radius 1 is 0.960 bits per heavy atom. The predicted molar refractivity (Wildman–Crippen MR) is 99.8 cm³/mol. The number of hydrogen-bond donors (Lipinski definition) is 1. The second-order valence-corrected chi connectivity index (χ2v) is 6.05. The van der Waals surface area contributed by atoms with Crippen LogP contribution >= 0.6 is 0 Å². The average molecular weight is 336 g/mol. The first kappa shape index (κ1) is 15.5. The molecule has 3 aromatic rings.